The predicted molar refractivity (Wildman–Crippen MR) is 94.9 cm³/mol. The second-order valence-corrected chi connectivity index (χ2v) is 8.59. The monoisotopic (exact) mass is 381 g/mol. The molecular weight excluding hydrogens is 358 g/mol. The first-order chi connectivity index (χ1) is 12.2. The summed E-state index contributed by atoms with van der Waals surface area (Å²) in [7, 11) is -1.85. The number of aryl methyl sites for hydroxylation is 3. The van der Waals surface area contributed by atoms with Crippen LogP contribution in [-0.2, 0) is 28.4 Å². The van der Waals surface area contributed by atoms with Gasteiger partial charge in [-0.1, -0.05) is 5.16 Å². The molecule has 10 heteroatoms. The molecule has 3 rings (SSSR count). The third-order valence-electron chi connectivity index (χ3n) is 4.43. The number of hydrogen-bond acceptors (Lipinski definition) is 6. The number of sulfonamides is 1. The Morgan fingerprint density at radius 1 is 1.35 bits per heavy atom. The number of carbonyl (C=O) groups is 1. The SMILES string of the molecule is Cc1cc(N2CCC[C@H](N(Cc3cc(C)on3)S(C)(=O)=O)C2=O)n(C)n1. The van der Waals surface area contributed by atoms with Crippen molar-refractivity contribution in [2.75, 3.05) is 17.7 Å². The van der Waals surface area contributed by atoms with Crippen LogP contribution in [0, 0.1) is 13.8 Å². The Hall–Kier alpha value is -2.20. The fraction of sp³-hybridized carbons (Fsp3) is 0.562. The van der Waals surface area contributed by atoms with Crippen LogP contribution in [0.4, 0.5) is 5.82 Å². The standard InChI is InChI=1S/C16H23N5O4S/c1-11-8-15(19(3)17-11)20-7-5-6-14(16(20)22)21(26(4,23)24)10-13-9-12(2)25-18-13/h8-9,14H,5-7,10H2,1-4H3/t14-/m0/s1. The van der Waals surface area contributed by atoms with E-state index in [1.54, 1.807) is 29.6 Å². The molecule has 1 aliphatic rings. The number of amides is 1. The zero-order valence-electron chi connectivity index (χ0n) is 15.3. The van der Waals surface area contributed by atoms with Gasteiger partial charge in [-0.25, -0.2) is 8.42 Å². The molecule has 1 saturated heterocycles. The fourth-order valence-electron chi connectivity index (χ4n) is 3.31. The maximum Gasteiger partial charge on any atom is 0.246 e. The van der Waals surface area contributed by atoms with E-state index in [0.717, 1.165) is 11.9 Å². The normalized spacial score (nSPS) is 18.7. The maximum atomic E-state index is 13.1. The number of nitrogens with zero attached hydrogens (tertiary/aromatic N) is 5. The molecule has 26 heavy (non-hydrogen) atoms. The van der Waals surface area contributed by atoms with Crippen molar-refractivity contribution in [1.82, 2.24) is 19.2 Å². The van der Waals surface area contributed by atoms with Crippen LogP contribution in [0.15, 0.2) is 16.7 Å². The van der Waals surface area contributed by atoms with Crippen molar-refractivity contribution in [2.45, 2.75) is 39.3 Å². The number of anilines is 1. The van der Waals surface area contributed by atoms with Gasteiger partial charge in [0.1, 0.15) is 17.6 Å². The highest BCUT2D eigenvalue weighted by Gasteiger charge is 2.39. The summed E-state index contributed by atoms with van der Waals surface area (Å²) in [5.41, 5.74) is 1.28. The Morgan fingerprint density at radius 2 is 2.08 bits per heavy atom. The molecule has 0 aliphatic carbocycles. The number of rotatable bonds is 5. The van der Waals surface area contributed by atoms with Crippen molar-refractivity contribution in [2.24, 2.45) is 7.05 Å². The second kappa shape index (κ2) is 6.84. The molecule has 1 fully saturated rings. The van der Waals surface area contributed by atoms with Gasteiger partial charge in [-0.2, -0.15) is 9.40 Å². The average Bonchev–Trinajstić information content (AvgIpc) is 3.09. The molecule has 2 aromatic rings. The van der Waals surface area contributed by atoms with Gasteiger partial charge in [0.15, 0.2) is 0 Å². The molecule has 2 aromatic heterocycles. The average molecular weight is 381 g/mol. The summed E-state index contributed by atoms with van der Waals surface area (Å²) in [5, 5.41) is 8.14. The minimum atomic E-state index is -3.62. The van der Waals surface area contributed by atoms with Crippen LogP contribution in [-0.4, -0.2) is 52.4 Å². The lowest BCUT2D eigenvalue weighted by Crippen LogP contribution is -2.54. The van der Waals surface area contributed by atoms with E-state index in [1.807, 2.05) is 13.0 Å². The van der Waals surface area contributed by atoms with Gasteiger partial charge >= 0.3 is 0 Å². The van der Waals surface area contributed by atoms with Gasteiger partial charge in [-0.3, -0.25) is 14.4 Å². The third kappa shape index (κ3) is 3.65. The molecule has 1 amide bonds. The van der Waals surface area contributed by atoms with Crippen LogP contribution in [0.1, 0.15) is 30.0 Å². The number of aromatic nitrogens is 3. The van der Waals surface area contributed by atoms with Crippen molar-refractivity contribution in [3.8, 4) is 0 Å². The molecule has 0 saturated carbocycles. The first kappa shape index (κ1) is 18.6. The van der Waals surface area contributed by atoms with E-state index in [2.05, 4.69) is 10.3 Å². The molecule has 9 nitrogen and oxygen atoms in total. The molecule has 3 heterocycles. The highest BCUT2D eigenvalue weighted by Crippen LogP contribution is 2.26. The van der Waals surface area contributed by atoms with E-state index < -0.39 is 16.1 Å². The van der Waals surface area contributed by atoms with E-state index in [-0.39, 0.29) is 12.5 Å². The quantitative estimate of drug-likeness (QED) is 0.765. The summed E-state index contributed by atoms with van der Waals surface area (Å²) in [6, 6.07) is 2.73. The fourth-order valence-corrected chi connectivity index (χ4v) is 4.34. The first-order valence-electron chi connectivity index (χ1n) is 8.38. The topological polar surface area (TPSA) is 102 Å². The van der Waals surface area contributed by atoms with Crippen LogP contribution in [0.25, 0.3) is 0 Å². The zero-order valence-corrected chi connectivity index (χ0v) is 16.2. The van der Waals surface area contributed by atoms with Gasteiger partial charge in [0.25, 0.3) is 0 Å². The summed E-state index contributed by atoms with van der Waals surface area (Å²) in [6.45, 7) is 4.13. The summed E-state index contributed by atoms with van der Waals surface area (Å²) < 4.78 is 32.6. The molecule has 142 valence electrons. The molecule has 0 N–H and O–H groups in total. The van der Waals surface area contributed by atoms with E-state index in [9.17, 15) is 13.2 Å². The number of piperidine rings is 1. The summed E-state index contributed by atoms with van der Waals surface area (Å²) in [5.74, 6) is 1.02. The Labute approximate surface area is 152 Å². The molecule has 0 unspecified atom stereocenters. The number of carbonyl (C=O) groups excluding carboxylic acids is 1. The van der Waals surface area contributed by atoms with Crippen molar-refractivity contribution >= 4 is 21.7 Å². The minimum Gasteiger partial charge on any atom is -0.361 e. The maximum absolute atomic E-state index is 13.1. The molecule has 0 spiro atoms. The molecule has 1 aliphatic heterocycles. The predicted octanol–water partition coefficient (Wildman–Crippen LogP) is 0.982. The van der Waals surface area contributed by atoms with Gasteiger partial charge in [0.05, 0.1) is 24.2 Å². The Kier molecular flexibility index (Phi) is 4.89. The lowest BCUT2D eigenvalue weighted by atomic mass is 10.0. The van der Waals surface area contributed by atoms with Crippen molar-refractivity contribution in [3.63, 3.8) is 0 Å². The summed E-state index contributed by atoms with van der Waals surface area (Å²) in [4.78, 5) is 14.7. The first-order valence-corrected chi connectivity index (χ1v) is 10.2. The zero-order chi connectivity index (χ0) is 19.1. The molecule has 0 radical (unpaired) electrons. The molecule has 0 bridgehead atoms. The van der Waals surface area contributed by atoms with Crippen LogP contribution in [0.3, 0.4) is 0 Å². The largest absolute Gasteiger partial charge is 0.361 e. The lowest BCUT2D eigenvalue weighted by Gasteiger charge is -2.36. The van der Waals surface area contributed by atoms with E-state index >= 15 is 0 Å². The van der Waals surface area contributed by atoms with Gasteiger partial charge < -0.3 is 4.52 Å². The van der Waals surface area contributed by atoms with Crippen molar-refractivity contribution in [3.05, 3.63) is 29.3 Å². The van der Waals surface area contributed by atoms with Crippen molar-refractivity contribution in [1.29, 1.82) is 0 Å². The van der Waals surface area contributed by atoms with Gasteiger partial charge in [0, 0.05) is 25.7 Å². The Morgan fingerprint density at radius 3 is 2.62 bits per heavy atom. The van der Waals surface area contributed by atoms with Crippen LogP contribution >= 0.6 is 0 Å². The summed E-state index contributed by atoms with van der Waals surface area (Å²) >= 11 is 0. The van der Waals surface area contributed by atoms with Crippen molar-refractivity contribution < 1.29 is 17.7 Å². The summed E-state index contributed by atoms with van der Waals surface area (Å²) in [6.07, 6.45) is 2.28. The smallest absolute Gasteiger partial charge is 0.246 e. The highest BCUT2D eigenvalue weighted by atomic mass is 32.2. The molecule has 0 aromatic carbocycles. The van der Waals surface area contributed by atoms with E-state index in [0.29, 0.717) is 36.7 Å². The van der Waals surface area contributed by atoms with E-state index in [4.69, 9.17) is 4.52 Å². The van der Waals surface area contributed by atoms with Gasteiger partial charge in [-0.15, -0.1) is 0 Å². The molecule has 1 atom stereocenters. The molecular formula is C16H23N5O4S. The lowest BCUT2D eigenvalue weighted by molar-refractivity contribution is -0.123. The van der Waals surface area contributed by atoms with E-state index in [1.165, 1.54) is 4.31 Å². The van der Waals surface area contributed by atoms with Gasteiger partial charge in [0.2, 0.25) is 15.9 Å². The Balaban J connectivity index is 1.91. The number of hydrogen-bond donors (Lipinski definition) is 0. The van der Waals surface area contributed by atoms with Gasteiger partial charge in [-0.05, 0) is 26.7 Å². The van der Waals surface area contributed by atoms with Crippen LogP contribution < -0.4 is 4.90 Å². The minimum absolute atomic E-state index is 0.00480. The third-order valence-corrected chi connectivity index (χ3v) is 5.67. The Bertz CT molecular complexity index is 917. The van der Waals surface area contributed by atoms with Crippen LogP contribution in [0.2, 0.25) is 0 Å². The second-order valence-electron chi connectivity index (χ2n) is 6.65. The highest BCUT2D eigenvalue weighted by molar-refractivity contribution is 7.88. The van der Waals surface area contributed by atoms with Crippen LogP contribution in [0.5, 0.6) is 0 Å².